The van der Waals surface area contributed by atoms with Crippen LogP contribution in [0.4, 0.5) is 0 Å². The van der Waals surface area contributed by atoms with Crippen LogP contribution in [0.5, 0.6) is 0 Å². The van der Waals surface area contributed by atoms with E-state index in [0.717, 1.165) is 0 Å². The van der Waals surface area contributed by atoms with Crippen molar-refractivity contribution in [3.8, 4) is 10.4 Å². The zero-order chi connectivity index (χ0) is 18.9. The SMILES string of the molecule is CCCCCCCCc1cc2c(s1)sc1c3cc(-c4ccccc4)sc3sc21. The fourth-order valence-electron chi connectivity index (χ4n) is 3.85. The molecular formula is C24H24S4. The smallest absolute Gasteiger partial charge is 0.0892 e. The summed E-state index contributed by atoms with van der Waals surface area (Å²) in [5, 5.41) is 2.98. The van der Waals surface area contributed by atoms with Crippen molar-refractivity contribution in [2.24, 2.45) is 0 Å². The average Bonchev–Trinajstić information content (AvgIpc) is 3.44. The molecule has 0 saturated heterocycles. The van der Waals surface area contributed by atoms with Crippen LogP contribution in [0.2, 0.25) is 0 Å². The lowest BCUT2D eigenvalue weighted by atomic mass is 10.1. The number of rotatable bonds is 8. The van der Waals surface area contributed by atoms with Crippen LogP contribution in [0.3, 0.4) is 0 Å². The van der Waals surface area contributed by atoms with E-state index in [-0.39, 0.29) is 0 Å². The van der Waals surface area contributed by atoms with Crippen LogP contribution in [0, 0.1) is 0 Å². The highest BCUT2D eigenvalue weighted by atomic mass is 32.2. The van der Waals surface area contributed by atoms with E-state index in [1.807, 2.05) is 45.3 Å². The van der Waals surface area contributed by atoms with Crippen LogP contribution in [0.15, 0.2) is 42.5 Å². The van der Waals surface area contributed by atoms with Gasteiger partial charge in [0, 0.05) is 20.5 Å². The highest BCUT2D eigenvalue weighted by Gasteiger charge is 2.17. The molecule has 0 aliphatic heterocycles. The Balaban J connectivity index is 1.38. The summed E-state index contributed by atoms with van der Waals surface area (Å²) < 4.78 is 6.03. The third-order valence-corrected chi connectivity index (χ3v) is 10.5. The zero-order valence-corrected chi connectivity index (χ0v) is 19.4. The molecule has 0 N–H and O–H groups in total. The predicted octanol–water partition coefficient (Wildman–Crippen LogP) is 9.96. The van der Waals surface area contributed by atoms with Crippen molar-refractivity contribution >= 4 is 73.5 Å². The highest BCUT2D eigenvalue weighted by Crippen LogP contribution is 2.50. The van der Waals surface area contributed by atoms with Gasteiger partial charge in [-0.05, 0) is 30.5 Å². The summed E-state index contributed by atoms with van der Waals surface area (Å²) >= 11 is 8.00. The largest absolute Gasteiger partial charge is 0.129 e. The topological polar surface area (TPSA) is 0 Å². The van der Waals surface area contributed by atoms with Gasteiger partial charge in [-0.2, -0.15) is 0 Å². The molecule has 0 saturated carbocycles. The minimum absolute atomic E-state index is 1.26. The molecule has 4 aromatic heterocycles. The van der Waals surface area contributed by atoms with Crippen molar-refractivity contribution in [1.29, 1.82) is 0 Å². The van der Waals surface area contributed by atoms with Crippen molar-refractivity contribution in [2.75, 3.05) is 0 Å². The molecule has 0 nitrogen and oxygen atoms in total. The lowest BCUT2D eigenvalue weighted by Gasteiger charge is -1.99. The molecule has 0 spiro atoms. The zero-order valence-electron chi connectivity index (χ0n) is 16.1. The van der Waals surface area contributed by atoms with Gasteiger partial charge in [-0.25, -0.2) is 0 Å². The summed E-state index contributed by atoms with van der Waals surface area (Å²) in [5.41, 5.74) is 1.34. The Labute approximate surface area is 182 Å². The summed E-state index contributed by atoms with van der Waals surface area (Å²) in [5.74, 6) is 0. The van der Waals surface area contributed by atoms with Crippen molar-refractivity contribution in [1.82, 2.24) is 0 Å². The molecule has 0 aliphatic carbocycles. The van der Waals surface area contributed by atoms with Gasteiger partial charge in [0.2, 0.25) is 0 Å². The minimum atomic E-state index is 1.26. The molecule has 4 heterocycles. The first-order valence-corrected chi connectivity index (χ1v) is 13.5. The van der Waals surface area contributed by atoms with Crippen LogP contribution >= 0.6 is 45.3 Å². The molecule has 5 aromatic rings. The second-order valence-corrected chi connectivity index (χ2v) is 12.2. The van der Waals surface area contributed by atoms with Crippen LogP contribution in [-0.4, -0.2) is 0 Å². The molecule has 1 aromatic carbocycles. The first-order valence-electron chi connectivity index (χ1n) is 10.3. The number of hydrogen-bond donors (Lipinski definition) is 0. The Morgan fingerprint density at radius 2 is 1.36 bits per heavy atom. The second kappa shape index (κ2) is 8.27. The fraction of sp³-hybridized carbons (Fsp3) is 0.333. The van der Waals surface area contributed by atoms with Gasteiger partial charge in [0.25, 0.3) is 0 Å². The van der Waals surface area contributed by atoms with Gasteiger partial charge in [0.15, 0.2) is 0 Å². The minimum Gasteiger partial charge on any atom is -0.129 e. The molecule has 0 aliphatic rings. The summed E-state index contributed by atoms with van der Waals surface area (Å²) in [6, 6.07) is 15.7. The van der Waals surface area contributed by atoms with E-state index in [1.54, 1.807) is 4.88 Å². The lowest BCUT2D eigenvalue weighted by molar-refractivity contribution is 0.609. The van der Waals surface area contributed by atoms with E-state index in [4.69, 9.17) is 0 Å². The highest BCUT2D eigenvalue weighted by molar-refractivity contribution is 7.49. The van der Waals surface area contributed by atoms with E-state index in [1.165, 1.54) is 83.6 Å². The van der Waals surface area contributed by atoms with E-state index < -0.39 is 0 Å². The van der Waals surface area contributed by atoms with Crippen LogP contribution in [-0.2, 0) is 6.42 Å². The van der Waals surface area contributed by atoms with E-state index in [0.29, 0.717) is 0 Å². The van der Waals surface area contributed by atoms with Gasteiger partial charge < -0.3 is 0 Å². The summed E-state index contributed by atoms with van der Waals surface area (Å²) in [6.45, 7) is 2.29. The van der Waals surface area contributed by atoms with Gasteiger partial charge in [-0.3, -0.25) is 0 Å². The van der Waals surface area contributed by atoms with Crippen molar-refractivity contribution in [3.63, 3.8) is 0 Å². The molecule has 5 rings (SSSR count). The molecule has 4 heteroatoms. The van der Waals surface area contributed by atoms with Gasteiger partial charge >= 0.3 is 0 Å². The van der Waals surface area contributed by atoms with Crippen LogP contribution in [0.1, 0.15) is 50.3 Å². The summed E-state index contributed by atoms with van der Waals surface area (Å²) in [7, 11) is 0. The number of hydrogen-bond acceptors (Lipinski definition) is 4. The quantitative estimate of drug-likeness (QED) is 0.211. The van der Waals surface area contributed by atoms with Gasteiger partial charge in [0.05, 0.1) is 17.4 Å². The summed E-state index contributed by atoms with van der Waals surface area (Å²) in [6.07, 6.45) is 9.54. The Bertz CT molecular complexity index is 1200. The van der Waals surface area contributed by atoms with E-state index in [9.17, 15) is 0 Å². The molecule has 0 atom stereocenters. The van der Waals surface area contributed by atoms with E-state index >= 15 is 0 Å². The van der Waals surface area contributed by atoms with Crippen molar-refractivity contribution in [2.45, 2.75) is 51.9 Å². The van der Waals surface area contributed by atoms with Crippen molar-refractivity contribution in [3.05, 3.63) is 47.3 Å². The third-order valence-electron chi connectivity index (χ3n) is 5.37. The molecular weight excluding hydrogens is 417 g/mol. The normalized spacial score (nSPS) is 12.0. The fourth-order valence-corrected chi connectivity index (χ4v) is 9.47. The standard InChI is InChI=1S/C24H24S4/c1-2-3-4-5-6-10-13-17-14-18-21-22(27-23(18)25-17)19-15-20(26-24(19)28-21)16-11-8-7-9-12-16/h7-9,11-12,14-15H,2-6,10,13H2,1H3. The van der Waals surface area contributed by atoms with E-state index in [2.05, 4.69) is 49.4 Å². The monoisotopic (exact) mass is 440 g/mol. The second-order valence-electron chi connectivity index (χ2n) is 7.47. The molecule has 0 fully saturated rings. The van der Waals surface area contributed by atoms with Crippen LogP contribution in [0.25, 0.3) is 38.6 Å². The van der Waals surface area contributed by atoms with Gasteiger partial charge in [-0.1, -0.05) is 69.4 Å². The first kappa shape index (κ1) is 18.8. The molecule has 0 amide bonds. The maximum Gasteiger partial charge on any atom is 0.0892 e. The van der Waals surface area contributed by atoms with Crippen molar-refractivity contribution < 1.29 is 0 Å². The maximum absolute atomic E-state index is 2.49. The molecule has 144 valence electrons. The number of aryl methyl sites for hydroxylation is 1. The Morgan fingerprint density at radius 1 is 0.679 bits per heavy atom. The summed E-state index contributed by atoms with van der Waals surface area (Å²) in [4.78, 5) is 2.98. The number of fused-ring (bicyclic) bond motifs is 5. The van der Waals surface area contributed by atoms with Gasteiger partial charge in [0.1, 0.15) is 0 Å². The number of benzene rings is 1. The molecule has 28 heavy (non-hydrogen) atoms. The Kier molecular flexibility index (Phi) is 5.56. The Hall–Kier alpha value is -1.20. The Morgan fingerprint density at radius 3 is 2.14 bits per heavy atom. The molecule has 0 bridgehead atoms. The van der Waals surface area contributed by atoms with Gasteiger partial charge in [-0.15, -0.1) is 45.3 Å². The molecule has 0 radical (unpaired) electrons. The average molecular weight is 441 g/mol. The molecule has 0 unspecified atom stereocenters. The number of unbranched alkanes of at least 4 members (excludes halogenated alkanes) is 5. The predicted molar refractivity (Wildman–Crippen MR) is 133 cm³/mol. The number of thiophene rings is 4. The lowest BCUT2D eigenvalue weighted by Crippen LogP contribution is -1.82. The first-order chi connectivity index (χ1) is 13.8. The maximum atomic E-state index is 2.49. The third kappa shape index (κ3) is 3.56. The van der Waals surface area contributed by atoms with Crippen LogP contribution < -0.4 is 0 Å².